The van der Waals surface area contributed by atoms with Crippen molar-refractivity contribution < 1.29 is 13.9 Å². The van der Waals surface area contributed by atoms with Gasteiger partial charge < -0.3 is 15.2 Å². The zero-order valence-corrected chi connectivity index (χ0v) is 16.9. The second-order valence-corrected chi connectivity index (χ2v) is 7.47. The van der Waals surface area contributed by atoms with Gasteiger partial charge in [-0.15, -0.1) is 11.3 Å². The first-order valence-electron chi connectivity index (χ1n) is 9.06. The zero-order chi connectivity index (χ0) is 20.6. The summed E-state index contributed by atoms with van der Waals surface area (Å²) < 4.78 is 25.9. The van der Waals surface area contributed by atoms with Gasteiger partial charge in [0.05, 0.1) is 26.0 Å². The molecule has 0 fully saturated rings. The number of methoxy groups -OCH3 is 1. The van der Waals surface area contributed by atoms with Gasteiger partial charge in [0.25, 0.3) is 0 Å². The van der Waals surface area contributed by atoms with E-state index in [0.29, 0.717) is 31.7 Å². The van der Waals surface area contributed by atoms with Gasteiger partial charge in [0.2, 0.25) is 0 Å². The Labute approximate surface area is 171 Å². The number of thiophene rings is 1. The van der Waals surface area contributed by atoms with E-state index in [-0.39, 0.29) is 18.8 Å². The van der Waals surface area contributed by atoms with Crippen molar-refractivity contribution in [1.82, 2.24) is 14.3 Å². The molecule has 154 valence electrons. The average Bonchev–Trinajstić information content (AvgIpc) is 3.35. The highest BCUT2D eigenvalue weighted by Crippen LogP contribution is 2.29. The van der Waals surface area contributed by atoms with Crippen LogP contribution in [0.1, 0.15) is 4.88 Å². The molecule has 29 heavy (non-hydrogen) atoms. The van der Waals surface area contributed by atoms with E-state index in [1.165, 1.54) is 15.6 Å². The number of hydrogen-bond donors (Lipinski definition) is 1. The summed E-state index contributed by atoms with van der Waals surface area (Å²) in [4.78, 5) is 14.5. The van der Waals surface area contributed by atoms with E-state index in [4.69, 9.17) is 15.2 Å². The topological polar surface area (TPSA) is 84.3 Å². The summed E-state index contributed by atoms with van der Waals surface area (Å²) in [7, 11) is 1.64. The maximum Gasteiger partial charge on any atom is 0.346 e. The molecule has 0 amide bonds. The van der Waals surface area contributed by atoms with Crippen LogP contribution in [0.5, 0.6) is 5.75 Å². The number of hydrogen-bond acceptors (Lipinski definition) is 6. The van der Waals surface area contributed by atoms with Crippen molar-refractivity contribution in [2.75, 3.05) is 26.9 Å². The number of nitrogens with zero attached hydrogens (tertiary/aromatic N) is 3. The molecule has 9 heteroatoms. The molecule has 0 saturated heterocycles. The molecule has 7 nitrogen and oxygen atoms in total. The Morgan fingerprint density at radius 3 is 2.72 bits per heavy atom. The highest BCUT2D eigenvalue weighted by molar-refractivity contribution is 7.15. The first-order valence-corrected chi connectivity index (χ1v) is 9.87. The van der Waals surface area contributed by atoms with Crippen LogP contribution < -0.4 is 16.2 Å². The van der Waals surface area contributed by atoms with Gasteiger partial charge in [-0.05, 0) is 47.5 Å². The Hall–Kier alpha value is -2.75. The van der Waals surface area contributed by atoms with Crippen LogP contribution in [0.15, 0.2) is 59.4 Å². The highest BCUT2D eigenvalue weighted by Gasteiger charge is 2.10. The fourth-order valence-electron chi connectivity index (χ4n) is 2.67. The van der Waals surface area contributed by atoms with Gasteiger partial charge in [0.15, 0.2) is 0 Å². The van der Waals surface area contributed by atoms with Crippen molar-refractivity contribution in [3.63, 3.8) is 0 Å². The third kappa shape index (κ3) is 5.41. The summed E-state index contributed by atoms with van der Waals surface area (Å²) in [6.07, 6.45) is 1.88. The highest BCUT2D eigenvalue weighted by atomic mass is 32.1. The second-order valence-electron chi connectivity index (χ2n) is 6.30. The van der Waals surface area contributed by atoms with E-state index in [9.17, 15) is 9.18 Å². The third-order valence-electron chi connectivity index (χ3n) is 4.25. The van der Waals surface area contributed by atoms with E-state index in [1.54, 1.807) is 18.4 Å². The fourth-order valence-corrected chi connectivity index (χ4v) is 3.68. The molecule has 0 spiro atoms. The van der Waals surface area contributed by atoms with Crippen molar-refractivity contribution >= 4 is 11.3 Å². The van der Waals surface area contributed by atoms with Gasteiger partial charge in [-0.3, -0.25) is 4.57 Å². The normalized spacial score (nSPS) is 11.8. The maximum absolute atomic E-state index is 12.7. The molecule has 3 rings (SSSR count). The van der Waals surface area contributed by atoms with Gasteiger partial charge in [-0.2, -0.15) is 5.10 Å². The Kier molecular flexibility index (Phi) is 7.34. The molecule has 2 heterocycles. The van der Waals surface area contributed by atoms with Crippen LogP contribution in [0.3, 0.4) is 0 Å². The predicted octanol–water partition coefficient (Wildman–Crippen LogP) is 2.66. The van der Waals surface area contributed by atoms with E-state index in [0.717, 1.165) is 21.1 Å². The number of ether oxygens (including phenoxy) is 2. The lowest BCUT2D eigenvalue weighted by molar-refractivity contribution is 0.146. The fraction of sp³-hybridized carbons (Fsp3) is 0.300. The molecule has 0 radical (unpaired) electrons. The number of benzene rings is 1. The van der Waals surface area contributed by atoms with Crippen LogP contribution >= 0.6 is 11.3 Å². The van der Waals surface area contributed by atoms with E-state index < -0.39 is 0 Å². The minimum atomic E-state index is -0.301. The Balaban J connectivity index is 1.66. The summed E-state index contributed by atoms with van der Waals surface area (Å²) in [6.45, 7) is 1.55. The van der Waals surface area contributed by atoms with Crippen molar-refractivity contribution in [1.29, 1.82) is 0 Å². The van der Waals surface area contributed by atoms with Gasteiger partial charge in [-0.1, -0.05) is 0 Å². The molecule has 0 unspecified atom stereocenters. The van der Waals surface area contributed by atoms with E-state index in [1.807, 2.05) is 36.4 Å². The molecule has 0 aliphatic carbocycles. The Bertz CT molecular complexity index is 1010. The summed E-state index contributed by atoms with van der Waals surface area (Å²) in [5.41, 5.74) is 6.52. The van der Waals surface area contributed by atoms with Crippen molar-refractivity contribution in [3.05, 3.63) is 70.0 Å². The molecule has 2 N–H and O–H groups in total. The third-order valence-corrected chi connectivity index (χ3v) is 5.37. The molecule has 0 aliphatic rings. The summed E-state index contributed by atoms with van der Waals surface area (Å²) in [5, 5.41) is 4.04. The SMILES string of the molecule is COCCOc1ccc(-c2ccc(Cn3cnn(C/C(=C/F)CN)c3=O)s2)cc1. The minimum Gasteiger partial charge on any atom is -0.491 e. The lowest BCUT2D eigenvalue weighted by atomic mass is 10.2. The van der Waals surface area contributed by atoms with E-state index in [2.05, 4.69) is 5.10 Å². The van der Waals surface area contributed by atoms with Crippen LogP contribution in [0.4, 0.5) is 4.39 Å². The largest absolute Gasteiger partial charge is 0.491 e. The molecule has 0 aliphatic heterocycles. The van der Waals surface area contributed by atoms with Crippen LogP contribution in [0.25, 0.3) is 10.4 Å². The van der Waals surface area contributed by atoms with Crippen molar-refractivity contribution in [3.8, 4) is 16.2 Å². The van der Waals surface area contributed by atoms with Gasteiger partial charge in [-0.25, -0.2) is 13.9 Å². The molecular formula is C20H23FN4O3S. The smallest absolute Gasteiger partial charge is 0.346 e. The van der Waals surface area contributed by atoms with Crippen LogP contribution in [-0.2, 0) is 17.8 Å². The van der Waals surface area contributed by atoms with Crippen molar-refractivity contribution in [2.24, 2.45) is 5.73 Å². The first kappa shape index (κ1) is 21.0. The number of aromatic nitrogens is 3. The van der Waals surface area contributed by atoms with Gasteiger partial charge in [0, 0.05) is 23.4 Å². The van der Waals surface area contributed by atoms with Crippen LogP contribution in [0, 0.1) is 0 Å². The van der Waals surface area contributed by atoms with Crippen LogP contribution in [0.2, 0.25) is 0 Å². The molecule has 3 aromatic rings. The Morgan fingerprint density at radius 1 is 1.24 bits per heavy atom. The lowest BCUT2D eigenvalue weighted by Gasteiger charge is -2.06. The van der Waals surface area contributed by atoms with Crippen LogP contribution in [-0.4, -0.2) is 41.2 Å². The minimum absolute atomic E-state index is 0.0420. The predicted molar refractivity (Wildman–Crippen MR) is 111 cm³/mol. The molecular weight excluding hydrogens is 395 g/mol. The average molecular weight is 418 g/mol. The van der Waals surface area contributed by atoms with Gasteiger partial charge >= 0.3 is 5.69 Å². The maximum atomic E-state index is 12.7. The lowest BCUT2D eigenvalue weighted by Crippen LogP contribution is -2.26. The number of rotatable bonds is 10. The van der Waals surface area contributed by atoms with Gasteiger partial charge in [0.1, 0.15) is 18.7 Å². The summed E-state index contributed by atoms with van der Waals surface area (Å²) in [5.74, 6) is 0.792. The molecule has 1 aromatic carbocycles. The summed E-state index contributed by atoms with van der Waals surface area (Å²) >= 11 is 1.60. The monoisotopic (exact) mass is 418 g/mol. The first-order chi connectivity index (χ1) is 14.1. The molecule has 0 atom stereocenters. The molecule has 0 saturated carbocycles. The van der Waals surface area contributed by atoms with Crippen molar-refractivity contribution in [2.45, 2.75) is 13.1 Å². The number of halogens is 1. The second kappa shape index (κ2) is 10.1. The summed E-state index contributed by atoms with van der Waals surface area (Å²) in [6, 6.07) is 11.9. The zero-order valence-electron chi connectivity index (χ0n) is 16.1. The molecule has 2 aromatic heterocycles. The molecule has 0 bridgehead atoms. The van der Waals surface area contributed by atoms with E-state index >= 15 is 0 Å². The standard InChI is InChI=1S/C20H23FN4O3S/c1-27-8-9-28-17-4-2-16(3-5-17)19-7-6-18(29-19)13-24-14-23-25(20(24)26)12-15(10-21)11-22/h2-7,10,14H,8-9,11-13,22H2,1H3/b15-10+. The Morgan fingerprint density at radius 2 is 2.03 bits per heavy atom. The number of nitrogens with two attached hydrogens (primary N) is 1. The quantitative estimate of drug-likeness (QED) is 0.512.